The van der Waals surface area contributed by atoms with Crippen molar-refractivity contribution in [3.05, 3.63) is 11.9 Å². The Kier molecular flexibility index (Phi) is 4.70. The number of nitrogen functional groups attached to an aromatic ring is 1. The van der Waals surface area contributed by atoms with Crippen LogP contribution in [0.15, 0.2) is 6.20 Å². The number of anilines is 1. The van der Waals surface area contributed by atoms with E-state index in [1.165, 1.54) is 10.9 Å². The van der Waals surface area contributed by atoms with Gasteiger partial charge in [-0.2, -0.15) is 5.10 Å². The van der Waals surface area contributed by atoms with E-state index in [9.17, 15) is 9.59 Å². The van der Waals surface area contributed by atoms with E-state index in [1.807, 2.05) is 6.92 Å². The quantitative estimate of drug-likeness (QED) is 0.654. The second-order valence-electron chi connectivity index (χ2n) is 4.25. The molecule has 2 amide bonds. The summed E-state index contributed by atoms with van der Waals surface area (Å²) < 4.78 is 1.31. The molecule has 1 heterocycles. The molecule has 0 saturated carbocycles. The number of rotatable bonds is 6. The molecule has 100 valence electrons. The van der Waals surface area contributed by atoms with Gasteiger partial charge in [0, 0.05) is 12.2 Å². The summed E-state index contributed by atoms with van der Waals surface area (Å²) in [4.78, 5) is 22.6. The molecule has 0 fully saturated rings. The first-order chi connectivity index (χ1) is 8.43. The number of hydrogen-bond acceptors (Lipinski definition) is 4. The second-order valence-corrected chi connectivity index (χ2v) is 4.25. The first-order valence-electron chi connectivity index (χ1n) is 5.86. The molecule has 7 heteroatoms. The van der Waals surface area contributed by atoms with Crippen LogP contribution >= 0.6 is 0 Å². The maximum atomic E-state index is 11.7. The third-order valence-electron chi connectivity index (χ3n) is 2.46. The van der Waals surface area contributed by atoms with Gasteiger partial charge in [-0.1, -0.05) is 13.3 Å². The Labute approximate surface area is 106 Å². The van der Waals surface area contributed by atoms with Crippen LogP contribution in [0, 0.1) is 0 Å². The van der Waals surface area contributed by atoms with Crippen molar-refractivity contribution in [2.24, 2.45) is 5.73 Å². The predicted octanol–water partition coefficient (Wildman–Crippen LogP) is -0.131. The summed E-state index contributed by atoms with van der Waals surface area (Å²) in [6.45, 7) is 4.01. The third-order valence-corrected chi connectivity index (χ3v) is 2.46. The number of nitrogens with two attached hydrogens (primary N) is 2. The average Bonchev–Trinajstić information content (AvgIpc) is 2.59. The normalized spacial score (nSPS) is 12.1. The molecule has 1 aromatic heterocycles. The van der Waals surface area contributed by atoms with E-state index in [4.69, 9.17) is 11.5 Å². The van der Waals surface area contributed by atoms with E-state index >= 15 is 0 Å². The summed E-state index contributed by atoms with van der Waals surface area (Å²) in [6, 6.07) is 0.117. The zero-order valence-electron chi connectivity index (χ0n) is 10.6. The van der Waals surface area contributed by atoms with Crippen LogP contribution in [0.1, 0.15) is 37.2 Å². The minimum atomic E-state index is -0.703. The molecule has 1 atom stereocenters. The van der Waals surface area contributed by atoms with Crippen molar-refractivity contribution in [1.82, 2.24) is 15.1 Å². The fraction of sp³-hybridized carbons (Fsp3) is 0.545. The van der Waals surface area contributed by atoms with Crippen molar-refractivity contribution in [2.45, 2.75) is 39.3 Å². The molecule has 0 aliphatic rings. The first-order valence-corrected chi connectivity index (χ1v) is 5.86. The lowest BCUT2D eigenvalue weighted by Crippen LogP contribution is -2.35. The van der Waals surface area contributed by atoms with Gasteiger partial charge in [0.05, 0.1) is 5.69 Å². The lowest BCUT2D eigenvalue weighted by Gasteiger charge is -2.12. The molecular weight excluding hydrogens is 234 g/mol. The Balaban J connectivity index is 2.59. The fourth-order valence-electron chi connectivity index (χ4n) is 1.68. The Bertz CT molecular complexity index is 441. The van der Waals surface area contributed by atoms with Crippen molar-refractivity contribution in [3.8, 4) is 0 Å². The Morgan fingerprint density at radius 1 is 1.56 bits per heavy atom. The summed E-state index contributed by atoms with van der Waals surface area (Å²) in [7, 11) is 0. The lowest BCUT2D eigenvalue weighted by atomic mass is 10.2. The van der Waals surface area contributed by atoms with Crippen LogP contribution in [-0.4, -0.2) is 27.6 Å². The molecule has 18 heavy (non-hydrogen) atoms. The van der Waals surface area contributed by atoms with Gasteiger partial charge in [0.1, 0.15) is 6.54 Å². The average molecular weight is 253 g/mol. The van der Waals surface area contributed by atoms with Crippen molar-refractivity contribution in [1.29, 1.82) is 0 Å². The summed E-state index contributed by atoms with van der Waals surface area (Å²) in [5.74, 6) is -0.875. The topological polar surface area (TPSA) is 116 Å². The predicted molar refractivity (Wildman–Crippen MR) is 67.7 cm³/mol. The first kappa shape index (κ1) is 14.0. The van der Waals surface area contributed by atoms with Crippen LogP contribution in [0.2, 0.25) is 0 Å². The van der Waals surface area contributed by atoms with E-state index in [2.05, 4.69) is 17.3 Å². The summed E-state index contributed by atoms with van der Waals surface area (Å²) in [5, 5.41) is 6.69. The Morgan fingerprint density at radius 2 is 2.22 bits per heavy atom. The van der Waals surface area contributed by atoms with E-state index in [0.717, 1.165) is 12.8 Å². The van der Waals surface area contributed by atoms with Crippen LogP contribution in [0.3, 0.4) is 0 Å². The van der Waals surface area contributed by atoms with E-state index in [0.29, 0.717) is 0 Å². The second kappa shape index (κ2) is 6.04. The van der Waals surface area contributed by atoms with Crippen LogP contribution in [-0.2, 0) is 11.3 Å². The molecule has 5 N–H and O–H groups in total. The van der Waals surface area contributed by atoms with Crippen LogP contribution in [0.5, 0.6) is 0 Å². The van der Waals surface area contributed by atoms with E-state index in [1.54, 1.807) is 0 Å². The molecular formula is C11H19N5O2. The highest BCUT2D eigenvalue weighted by molar-refractivity contribution is 5.95. The number of nitrogens with one attached hydrogen (secondary N) is 1. The van der Waals surface area contributed by atoms with Crippen LogP contribution in [0.25, 0.3) is 0 Å². The van der Waals surface area contributed by atoms with Crippen molar-refractivity contribution >= 4 is 17.5 Å². The van der Waals surface area contributed by atoms with Gasteiger partial charge < -0.3 is 16.8 Å². The molecule has 1 aromatic rings. The molecule has 0 aliphatic heterocycles. The minimum Gasteiger partial charge on any atom is -0.396 e. The maximum Gasteiger partial charge on any atom is 0.271 e. The van der Waals surface area contributed by atoms with Gasteiger partial charge in [-0.3, -0.25) is 14.3 Å². The fourth-order valence-corrected chi connectivity index (χ4v) is 1.68. The number of carbonyl (C=O) groups excluding carboxylic acids is 2. The molecule has 1 unspecified atom stereocenters. The molecule has 0 radical (unpaired) electrons. The smallest absolute Gasteiger partial charge is 0.271 e. The number of carbonyl (C=O) groups is 2. The number of hydrogen-bond donors (Lipinski definition) is 3. The van der Waals surface area contributed by atoms with Crippen molar-refractivity contribution in [2.75, 3.05) is 5.73 Å². The SMILES string of the molecule is CCCC(C)NC(=O)Cn1cc(N)c(C(N)=O)n1. The lowest BCUT2D eigenvalue weighted by molar-refractivity contribution is -0.122. The van der Waals surface area contributed by atoms with Crippen molar-refractivity contribution in [3.63, 3.8) is 0 Å². The summed E-state index contributed by atoms with van der Waals surface area (Å²) >= 11 is 0. The van der Waals surface area contributed by atoms with Gasteiger partial charge in [-0.15, -0.1) is 0 Å². The van der Waals surface area contributed by atoms with Gasteiger partial charge in [-0.05, 0) is 13.3 Å². The Morgan fingerprint density at radius 3 is 2.72 bits per heavy atom. The molecule has 0 spiro atoms. The zero-order valence-corrected chi connectivity index (χ0v) is 10.6. The number of primary amides is 1. The zero-order chi connectivity index (χ0) is 13.7. The molecule has 0 bridgehead atoms. The maximum absolute atomic E-state index is 11.7. The number of aromatic nitrogens is 2. The highest BCUT2D eigenvalue weighted by Crippen LogP contribution is 2.07. The van der Waals surface area contributed by atoms with E-state index in [-0.39, 0.29) is 29.9 Å². The highest BCUT2D eigenvalue weighted by Gasteiger charge is 2.13. The molecule has 7 nitrogen and oxygen atoms in total. The molecule has 0 saturated heterocycles. The standard InChI is InChI=1S/C11H19N5O2/c1-3-4-7(2)14-9(17)6-16-5-8(12)10(15-16)11(13)18/h5,7H,3-4,6,12H2,1-2H3,(H2,13,18)(H,14,17). The number of nitrogens with zero attached hydrogens (tertiary/aromatic N) is 2. The monoisotopic (exact) mass is 253 g/mol. The van der Waals surface area contributed by atoms with Gasteiger partial charge in [0.25, 0.3) is 5.91 Å². The highest BCUT2D eigenvalue weighted by atomic mass is 16.2. The third kappa shape index (κ3) is 3.76. The minimum absolute atomic E-state index is 0.00981. The van der Waals surface area contributed by atoms with E-state index < -0.39 is 5.91 Å². The Hall–Kier alpha value is -2.05. The molecule has 1 rings (SSSR count). The number of amides is 2. The summed E-state index contributed by atoms with van der Waals surface area (Å²) in [5.41, 5.74) is 10.8. The van der Waals surface area contributed by atoms with Gasteiger partial charge in [0.2, 0.25) is 5.91 Å². The molecule has 0 aromatic carbocycles. The van der Waals surface area contributed by atoms with Crippen LogP contribution in [0.4, 0.5) is 5.69 Å². The molecule has 0 aliphatic carbocycles. The van der Waals surface area contributed by atoms with Crippen molar-refractivity contribution < 1.29 is 9.59 Å². The van der Waals surface area contributed by atoms with Crippen LogP contribution < -0.4 is 16.8 Å². The van der Waals surface area contributed by atoms with Gasteiger partial charge in [-0.25, -0.2) is 0 Å². The van der Waals surface area contributed by atoms with Gasteiger partial charge >= 0.3 is 0 Å². The summed E-state index contributed by atoms with van der Waals surface area (Å²) in [6.07, 6.45) is 3.34. The largest absolute Gasteiger partial charge is 0.396 e. The van der Waals surface area contributed by atoms with Gasteiger partial charge in [0.15, 0.2) is 5.69 Å².